The van der Waals surface area contributed by atoms with Crippen LogP contribution in [0.1, 0.15) is 44.6 Å². The van der Waals surface area contributed by atoms with Crippen molar-refractivity contribution in [1.82, 2.24) is 20.2 Å². The Bertz CT molecular complexity index is 554. The lowest BCUT2D eigenvalue weighted by molar-refractivity contribution is 0.192. The van der Waals surface area contributed by atoms with Gasteiger partial charge in [-0.25, -0.2) is 0 Å². The van der Waals surface area contributed by atoms with Gasteiger partial charge in [-0.1, -0.05) is 44.2 Å². The zero-order chi connectivity index (χ0) is 15.8. The fourth-order valence-corrected chi connectivity index (χ4v) is 3.01. The quantitative estimate of drug-likeness (QED) is 0.521. The molecule has 1 aromatic heterocycles. The van der Waals surface area contributed by atoms with Crippen LogP contribution in [-0.2, 0) is 4.74 Å². The number of thioether (sulfide) groups is 1. The molecule has 0 spiro atoms. The predicted octanol–water partition coefficient (Wildman–Crippen LogP) is 3.69. The zero-order valence-corrected chi connectivity index (χ0v) is 14.3. The first-order valence-electron chi connectivity index (χ1n) is 7.73. The fraction of sp³-hybridized carbons (Fsp3) is 0.562. The van der Waals surface area contributed by atoms with Crippen LogP contribution < -0.4 is 0 Å². The molecular weight excluding hydrogens is 296 g/mol. The van der Waals surface area contributed by atoms with Gasteiger partial charge in [0, 0.05) is 19.5 Å². The Hall–Kier alpha value is -1.40. The van der Waals surface area contributed by atoms with Crippen molar-refractivity contribution in [2.24, 2.45) is 0 Å². The minimum absolute atomic E-state index is 0.531. The SMILES string of the molecule is COCCCCCSc1nnnn1-c1ccc(C(C)C)cc1. The Labute approximate surface area is 136 Å². The first-order valence-corrected chi connectivity index (χ1v) is 8.71. The van der Waals surface area contributed by atoms with Crippen molar-refractivity contribution in [3.05, 3.63) is 29.8 Å². The summed E-state index contributed by atoms with van der Waals surface area (Å²) in [5, 5.41) is 12.9. The second-order valence-electron chi connectivity index (χ2n) is 5.52. The topological polar surface area (TPSA) is 52.8 Å². The Morgan fingerprint density at radius 1 is 1.14 bits per heavy atom. The second-order valence-corrected chi connectivity index (χ2v) is 6.58. The van der Waals surface area contributed by atoms with Crippen LogP contribution in [0.4, 0.5) is 0 Å². The Balaban J connectivity index is 1.91. The first-order chi connectivity index (χ1) is 10.7. The highest BCUT2D eigenvalue weighted by Crippen LogP contribution is 2.21. The molecule has 1 aromatic carbocycles. The molecule has 0 fully saturated rings. The molecule has 0 atom stereocenters. The largest absolute Gasteiger partial charge is 0.385 e. The molecule has 0 saturated carbocycles. The number of nitrogens with zero attached hydrogens (tertiary/aromatic N) is 4. The number of hydrogen-bond donors (Lipinski definition) is 0. The highest BCUT2D eigenvalue weighted by atomic mass is 32.2. The Morgan fingerprint density at radius 3 is 2.59 bits per heavy atom. The summed E-state index contributed by atoms with van der Waals surface area (Å²) in [7, 11) is 1.74. The molecule has 6 heteroatoms. The summed E-state index contributed by atoms with van der Waals surface area (Å²) in [4.78, 5) is 0. The number of tetrazole rings is 1. The van der Waals surface area contributed by atoms with Gasteiger partial charge in [0.25, 0.3) is 0 Å². The number of rotatable bonds is 9. The minimum atomic E-state index is 0.531. The van der Waals surface area contributed by atoms with Crippen molar-refractivity contribution in [2.75, 3.05) is 19.5 Å². The number of hydrogen-bond acceptors (Lipinski definition) is 5. The average molecular weight is 320 g/mol. The molecule has 0 aliphatic heterocycles. The van der Waals surface area contributed by atoms with E-state index >= 15 is 0 Å². The van der Waals surface area contributed by atoms with Gasteiger partial charge >= 0.3 is 0 Å². The molecule has 22 heavy (non-hydrogen) atoms. The van der Waals surface area contributed by atoms with Gasteiger partial charge in [-0.3, -0.25) is 0 Å². The molecular formula is C16H24N4OS. The van der Waals surface area contributed by atoms with Crippen molar-refractivity contribution in [1.29, 1.82) is 0 Å². The van der Waals surface area contributed by atoms with Crippen LogP contribution in [0, 0.1) is 0 Å². The lowest BCUT2D eigenvalue weighted by atomic mass is 10.0. The van der Waals surface area contributed by atoms with Crippen molar-refractivity contribution in [3.63, 3.8) is 0 Å². The van der Waals surface area contributed by atoms with Crippen molar-refractivity contribution >= 4 is 11.8 Å². The van der Waals surface area contributed by atoms with Crippen molar-refractivity contribution in [3.8, 4) is 5.69 Å². The van der Waals surface area contributed by atoms with Gasteiger partial charge in [0.15, 0.2) is 0 Å². The summed E-state index contributed by atoms with van der Waals surface area (Å²) in [5.41, 5.74) is 2.33. The monoisotopic (exact) mass is 320 g/mol. The molecule has 0 radical (unpaired) electrons. The molecule has 0 aliphatic rings. The van der Waals surface area contributed by atoms with Gasteiger partial charge in [-0.15, -0.1) is 5.10 Å². The van der Waals surface area contributed by atoms with Gasteiger partial charge in [-0.2, -0.15) is 4.68 Å². The summed E-state index contributed by atoms with van der Waals surface area (Å²) < 4.78 is 6.86. The van der Waals surface area contributed by atoms with Gasteiger partial charge in [0.2, 0.25) is 5.16 Å². The number of methoxy groups -OCH3 is 1. The van der Waals surface area contributed by atoms with E-state index in [0.717, 1.165) is 36.0 Å². The third kappa shape index (κ3) is 4.81. The summed E-state index contributed by atoms with van der Waals surface area (Å²) in [6.07, 6.45) is 3.43. The first kappa shape index (κ1) is 17.0. The molecule has 0 saturated heterocycles. The van der Waals surface area contributed by atoms with Crippen LogP contribution in [0.5, 0.6) is 0 Å². The smallest absolute Gasteiger partial charge is 0.214 e. The van der Waals surface area contributed by atoms with Crippen LogP contribution in [0.15, 0.2) is 29.4 Å². The van der Waals surface area contributed by atoms with E-state index < -0.39 is 0 Å². The summed E-state index contributed by atoms with van der Waals surface area (Å²) in [6, 6.07) is 8.43. The molecule has 2 rings (SSSR count). The van der Waals surface area contributed by atoms with Gasteiger partial charge in [0.05, 0.1) is 5.69 Å². The molecule has 0 amide bonds. The number of unbranched alkanes of at least 4 members (excludes halogenated alkanes) is 2. The highest BCUT2D eigenvalue weighted by molar-refractivity contribution is 7.99. The lowest BCUT2D eigenvalue weighted by Gasteiger charge is -2.08. The van der Waals surface area contributed by atoms with E-state index in [9.17, 15) is 0 Å². The number of ether oxygens (including phenoxy) is 1. The molecule has 0 N–H and O–H groups in total. The van der Waals surface area contributed by atoms with Gasteiger partial charge in [0.1, 0.15) is 0 Å². The normalized spacial score (nSPS) is 11.3. The maximum Gasteiger partial charge on any atom is 0.214 e. The van der Waals surface area contributed by atoms with E-state index in [2.05, 4.69) is 53.6 Å². The predicted molar refractivity (Wildman–Crippen MR) is 89.7 cm³/mol. The van der Waals surface area contributed by atoms with E-state index in [0.29, 0.717) is 5.92 Å². The summed E-state index contributed by atoms with van der Waals surface area (Å²) in [5.74, 6) is 1.55. The average Bonchev–Trinajstić information content (AvgIpc) is 2.99. The highest BCUT2D eigenvalue weighted by Gasteiger charge is 2.09. The van der Waals surface area contributed by atoms with E-state index in [-0.39, 0.29) is 0 Å². The van der Waals surface area contributed by atoms with E-state index in [4.69, 9.17) is 4.74 Å². The van der Waals surface area contributed by atoms with E-state index in [1.54, 1.807) is 18.9 Å². The Kier molecular flexibility index (Phi) is 6.86. The minimum Gasteiger partial charge on any atom is -0.385 e. The van der Waals surface area contributed by atoms with Crippen molar-refractivity contribution < 1.29 is 4.74 Å². The van der Waals surface area contributed by atoms with Crippen LogP contribution >= 0.6 is 11.8 Å². The van der Waals surface area contributed by atoms with Crippen molar-refractivity contribution in [2.45, 2.75) is 44.2 Å². The molecule has 2 aromatic rings. The summed E-state index contributed by atoms with van der Waals surface area (Å²) >= 11 is 1.70. The molecule has 5 nitrogen and oxygen atoms in total. The molecule has 0 bridgehead atoms. The fourth-order valence-electron chi connectivity index (χ4n) is 2.12. The van der Waals surface area contributed by atoms with Gasteiger partial charge in [-0.05, 0) is 46.9 Å². The number of aromatic nitrogens is 4. The third-order valence-electron chi connectivity index (χ3n) is 3.47. The van der Waals surface area contributed by atoms with Crippen LogP contribution in [0.3, 0.4) is 0 Å². The van der Waals surface area contributed by atoms with Crippen LogP contribution in [0.2, 0.25) is 0 Å². The molecule has 1 heterocycles. The number of benzene rings is 1. The van der Waals surface area contributed by atoms with Crippen LogP contribution in [-0.4, -0.2) is 39.7 Å². The van der Waals surface area contributed by atoms with E-state index in [1.807, 2.05) is 4.68 Å². The van der Waals surface area contributed by atoms with E-state index in [1.165, 1.54) is 12.0 Å². The van der Waals surface area contributed by atoms with Gasteiger partial charge < -0.3 is 4.74 Å². The molecule has 0 unspecified atom stereocenters. The second kappa shape index (κ2) is 8.90. The Morgan fingerprint density at radius 2 is 1.91 bits per heavy atom. The lowest BCUT2D eigenvalue weighted by Crippen LogP contribution is -2.00. The molecule has 0 aliphatic carbocycles. The molecule has 120 valence electrons. The third-order valence-corrected chi connectivity index (χ3v) is 4.47. The maximum atomic E-state index is 5.05. The summed E-state index contributed by atoms with van der Waals surface area (Å²) in [6.45, 7) is 5.22. The van der Waals surface area contributed by atoms with Crippen LogP contribution in [0.25, 0.3) is 5.69 Å². The zero-order valence-electron chi connectivity index (χ0n) is 13.5. The standard InChI is InChI=1S/C16H24N4OS/c1-13(2)14-7-9-15(10-8-14)20-16(17-18-19-20)22-12-6-4-5-11-21-3/h7-10,13H,4-6,11-12H2,1-3H3. The maximum absolute atomic E-state index is 5.05.